The summed E-state index contributed by atoms with van der Waals surface area (Å²) < 4.78 is 15.9. The third kappa shape index (κ3) is 4.15. The molecule has 4 aromatic carbocycles. The zero-order valence-corrected chi connectivity index (χ0v) is 17.6. The van der Waals surface area contributed by atoms with Gasteiger partial charge in [0, 0.05) is 5.39 Å². The van der Waals surface area contributed by atoms with Crippen LogP contribution in [0.5, 0.6) is 0 Å². The standard InChI is InChI=1S/C24H15ClN2O3S/c25-21-12-15(14-26)8-11-23(21)31(30)27-22-10-9-18(19-6-1-2-7-20(19)22)16-4-3-5-17(13-16)24(28)29/h1-13,27H,(H,28,29). The van der Waals surface area contributed by atoms with Gasteiger partial charge in [0.1, 0.15) is 0 Å². The van der Waals surface area contributed by atoms with Crippen molar-refractivity contribution in [1.29, 1.82) is 5.26 Å². The van der Waals surface area contributed by atoms with E-state index in [1.807, 2.05) is 42.5 Å². The van der Waals surface area contributed by atoms with Gasteiger partial charge in [0.2, 0.25) is 0 Å². The number of nitrogens with zero attached hydrogens (tertiary/aromatic N) is 1. The van der Waals surface area contributed by atoms with Crippen molar-refractivity contribution < 1.29 is 14.1 Å². The summed E-state index contributed by atoms with van der Waals surface area (Å²) >= 11 is 6.20. The van der Waals surface area contributed by atoms with Crippen LogP contribution in [0.15, 0.2) is 83.8 Å². The SMILES string of the molecule is N#Cc1ccc(S(=O)Nc2ccc(-c3cccc(C(=O)O)c3)c3ccccc23)c(Cl)c1. The number of halogens is 1. The zero-order valence-electron chi connectivity index (χ0n) is 16.0. The van der Waals surface area contributed by atoms with Crippen LogP contribution in [0, 0.1) is 11.3 Å². The van der Waals surface area contributed by atoms with E-state index in [0.717, 1.165) is 21.9 Å². The number of rotatable bonds is 5. The van der Waals surface area contributed by atoms with Gasteiger partial charge < -0.3 is 9.83 Å². The van der Waals surface area contributed by atoms with Crippen molar-refractivity contribution in [2.45, 2.75) is 4.90 Å². The number of anilines is 1. The molecule has 5 nitrogen and oxygen atoms in total. The zero-order chi connectivity index (χ0) is 22.0. The molecule has 0 amide bonds. The van der Waals surface area contributed by atoms with Crippen LogP contribution >= 0.6 is 11.6 Å². The lowest BCUT2D eigenvalue weighted by molar-refractivity contribution is 0.0697. The van der Waals surface area contributed by atoms with Crippen molar-refractivity contribution in [3.05, 3.63) is 95.0 Å². The predicted molar refractivity (Wildman–Crippen MR) is 123 cm³/mol. The summed E-state index contributed by atoms with van der Waals surface area (Å²) in [5, 5.41) is 20.2. The number of aromatic carboxylic acids is 1. The predicted octanol–water partition coefficient (Wildman–Crippen LogP) is 5.86. The molecule has 7 heteroatoms. The molecule has 0 aliphatic rings. The second-order valence-electron chi connectivity index (χ2n) is 6.72. The maximum Gasteiger partial charge on any atom is 0.335 e. The number of hydrogen-bond acceptors (Lipinski definition) is 3. The van der Waals surface area contributed by atoms with E-state index < -0.39 is 17.0 Å². The molecule has 2 N–H and O–H groups in total. The van der Waals surface area contributed by atoms with Gasteiger partial charge >= 0.3 is 5.97 Å². The number of carboxylic acid groups (broad SMARTS) is 1. The molecule has 0 saturated carbocycles. The molecule has 1 atom stereocenters. The van der Waals surface area contributed by atoms with Crippen molar-refractivity contribution >= 4 is 45.0 Å². The van der Waals surface area contributed by atoms with E-state index in [-0.39, 0.29) is 10.6 Å². The lowest BCUT2D eigenvalue weighted by atomic mass is 9.96. The molecule has 0 saturated heterocycles. The third-order valence-electron chi connectivity index (χ3n) is 4.81. The fourth-order valence-electron chi connectivity index (χ4n) is 3.34. The van der Waals surface area contributed by atoms with Crippen molar-refractivity contribution in [2.75, 3.05) is 4.72 Å². The molecule has 152 valence electrons. The summed E-state index contributed by atoms with van der Waals surface area (Å²) in [7, 11) is -1.64. The van der Waals surface area contributed by atoms with E-state index in [1.54, 1.807) is 36.4 Å². The Balaban J connectivity index is 1.75. The van der Waals surface area contributed by atoms with Crippen LogP contribution in [-0.2, 0) is 11.0 Å². The van der Waals surface area contributed by atoms with Crippen molar-refractivity contribution in [2.24, 2.45) is 0 Å². The van der Waals surface area contributed by atoms with Crippen molar-refractivity contribution in [1.82, 2.24) is 0 Å². The topological polar surface area (TPSA) is 90.2 Å². The van der Waals surface area contributed by atoms with E-state index in [0.29, 0.717) is 16.1 Å². The fraction of sp³-hybridized carbons (Fsp3) is 0. The van der Waals surface area contributed by atoms with Crippen LogP contribution in [0.4, 0.5) is 5.69 Å². The normalized spacial score (nSPS) is 11.6. The Bertz CT molecular complexity index is 1400. The highest BCUT2D eigenvalue weighted by Crippen LogP contribution is 2.34. The van der Waals surface area contributed by atoms with Crippen LogP contribution in [0.25, 0.3) is 21.9 Å². The monoisotopic (exact) mass is 446 g/mol. The van der Waals surface area contributed by atoms with Gasteiger partial charge in [0.25, 0.3) is 0 Å². The average Bonchev–Trinajstić information content (AvgIpc) is 2.79. The molecule has 0 aromatic heterocycles. The summed E-state index contributed by atoms with van der Waals surface area (Å²) in [6.07, 6.45) is 0. The average molecular weight is 447 g/mol. The lowest BCUT2D eigenvalue weighted by Gasteiger charge is -2.14. The fourth-order valence-corrected chi connectivity index (χ4v) is 4.64. The summed E-state index contributed by atoms with van der Waals surface area (Å²) in [6, 6.07) is 24.6. The Labute approximate surface area is 186 Å². The second-order valence-corrected chi connectivity index (χ2v) is 8.31. The quantitative estimate of drug-likeness (QED) is 0.401. The molecule has 4 aromatic rings. The smallest absolute Gasteiger partial charge is 0.335 e. The third-order valence-corrected chi connectivity index (χ3v) is 6.39. The molecular formula is C24H15ClN2O3S. The number of fused-ring (bicyclic) bond motifs is 1. The molecule has 0 radical (unpaired) electrons. The van der Waals surface area contributed by atoms with E-state index in [2.05, 4.69) is 4.72 Å². The van der Waals surface area contributed by atoms with E-state index in [4.69, 9.17) is 16.9 Å². The van der Waals surface area contributed by atoms with Crippen LogP contribution in [0.3, 0.4) is 0 Å². The van der Waals surface area contributed by atoms with Crippen LogP contribution in [0.1, 0.15) is 15.9 Å². The highest BCUT2D eigenvalue weighted by Gasteiger charge is 2.14. The molecule has 0 fully saturated rings. The van der Waals surface area contributed by atoms with Gasteiger partial charge in [-0.1, -0.05) is 54.1 Å². The Morgan fingerprint density at radius 2 is 1.74 bits per heavy atom. The first-order chi connectivity index (χ1) is 15.0. The molecule has 0 aliphatic heterocycles. The molecule has 4 rings (SSSR count). The number of nitrogens with one attached hydrogen (secondary N) is 1. The van der Waals surface area contributed by atoms with Gasteiger partial charge in [-0.25, -0.2) is 9.00 Å². The first-order valence-corrected chi connectivity index (χ1v) is 10.7. The minimum absolute atomic E-state index is 0.209. The molecule has 0 spiro atoms. The van der Waals surface area contributed by atoms with Gasteiger partial charge in [0.15, 0.2) is 11.0 Å². The Kier molecular flexibility index (Phi) is 5.72. The molecule has 1 unspecified atom stereocenters. The second kappa shape index (κ2) is 8.60. The van der Waals surface area contributed by atoms with Gasteiger partial charge in [-0.3, -0.25) is 0 Å². The van der Waals surface area contributed by atoms with E-state index in [9.17, 15) is 14.1 Å². The van der Waals surface area contributed by atoms with Gasteiger partial charge in [-0.05, 0) is 52.9 Å². The number of nitriles is 1. The summed E-state index contributed by atoms with van der Waals surface area (Å²) in [6.45, 7) is 0. The number of carbonyl (C=O) groups is 1. The van der Waals surface area contributed by atoms with E-state index >= 15 is 0 Å². The van der Waals surface area contributed by atoms with Crippen molar-refractivity contribution in [3.8, 4) is 17.2 Å². The summed E-state index contributed by atoms with van der Waals surface area (Å²) in [4.78, 5) is 11.7. The maximum atomic E-state index is 12.9. The summed E-state index contributed by atoms with van der Waals surface area (Å²) in [5.74, 6) is -0.987. The lowest BCUT2D eigenvalue weighted by Crippen LogP contribution is -2.06. The van der Waals surface area contributed by atoms with Crippen LogP contribution < -0.4 is 4.72 Å². The molecule has 0 heterocycles. The first-order valence-electron chi connectivity index (χ1n) is 9.21. The molecule has 0 bridgehead atoms. The molecule has 31 heavy (non-hydrogen) atoms. The van der Waals surface area contributed by atoms with Gasteiger partial charge in [0.05, 0.1) is 32.8 Å². The minimum atomic E-state index is -1.64. The molecule has 0 aliphatic carbocycles. The first kappa shape index (κ1) is 20.6. The maximum absolute atomic E-state index is 12.9. The van der Waals surface area contributed by atoms with Gasteiger partial charge in [-0.2, -0.15) is 5.26 Å². The minimum Gasteiger partial charge on any atom is -0.478 e. The highest BCUT2D eigenvalue weighted by molar-refractivity contribution is 7.86. The Hall–Kier alpha value is -3.66. The number of carboxylic acids is 1. The Morgan fingerprint density at radius 3 is 2.45 bits per heavy atom. The van der Waals surface area contributed by atoms with Gasteiger partial charge in [-0.15, -0.1) is 0 Å². The number of benzene rings is 4. The Morgan fingerprint density at radius 1 is 0.968 bits per heavy atom. The van der Waals surface area contributed by atoms with E-state index in [1.165, 1.54) is 6.07 Å². The van der Waals surface area contributed by atoms with Crippen LogP contribution in [0.2, 0.25) is 5.02 Å². The van der Waals surface area contributed by atoms with Crippen LogP contribution in [-0.4, -0.2) is 15.3 Å². The largest absolute Gasteiger partial charge is 0.478 e. The number of hydrogen-bond donors (Lipinski definition) is 2. The summed E-state index contributed by atoms with van der Waals surface area (Å²) in [5.41, 5.74) is 2.89. The highest BCUT2D eigenvalue weighted by atomic mass is 35.5. The molecular weight excluding hydrogens is 432 g/mol. The van der Waals surface area contributed by atoms with Crippen molar-refractivity contribution in [3.63, 3.8) is 0 Å².